The van der Waals surface area contributed by atoms with Gasteiger partial charge in [0.25, 0.3) is 0 Å². The lowest BCUT2D eigenvalue weighted by Crippen LogP contribution is -1.84. The molecule has 0 saturated heterocycles. The highest BCUT2D eigenvalue weighted by molar-refractivity contribution is 5.63. The average molecular weight is 162 g/mol. The van der Waals surface area contributed by atoms with Gasteiger partial charge in [0.15, 0.2) is 0 Å². The minimum absolute atomic E-state index is 0.681. The molecule has 0 bridgehead atoms. The van der Waals surface area contributed by atoms with Crippen LogP contribution in [0.25, 0.3) is 5.57 Å². The van der Waals surface area contributed by atoms with Gasteiger partial charge in [-0.1, -0.05) is 36.4 Å². The molecule has 0 aliphatic carbocycles. The van der Waals surface area contributed by atoms with Crippen molar-refractivity contribution in [3.8, 4) is 0 Å². The smallest absolute Gasteiger partial charge is 0.0649 e. The van der Waals surface area contributed by atoms with Crippen LogP contribution in [0.15, 0.2) is 36.4 Å². The Kier molecular flexibility index (Phi) is 3.55. The highest BCUT2D eigenvalue weighted by Crippen LogP contribution is 2.11. The molecule has 0 saturated carbocycles. The number of allylic oxidation sites excluding steroid dienone is 1. The zero-order valence-electron chi connectivity index (χ0n) is 7.58. The quantitative estimate of drug-likeness (QED) is 0.664. The Morgan fingerprint density at radius 3 is 2.58 bits per heavy atom. The van der Waals surface area contributed by atoms with Gasteiger partial charge < -0.3 is 4.74 Å². The molecule has 1 rings (SSSR count). The minimum atomic E-state index is 0.681. The van der Waals surface area contributed by atoms with Gasteiger partial charge in [0, 0.05) is 7.11 Å². The van der Waals surface area contributed by atoms with Crippen LogP contribution in [0.3, 0.4) is 0 Å². The number of ether oxygens (including phenoxy) is 1. The highest BCUT2D eigenvalue weighted by atomic mass is 16.5. The number of methoxy groups -OCH3 is 1. The molecule has 0 unspecified atom stereocenters. The Balaban J connectivity index is 2.71. The lowest BCUT2D eigenvalue weighted by Gasteiger charge is -1.99. The van der Waals surface area contributed by atoms with E-state index in [1.54, 1.807) is 7.11 Å². The molecule has 0 fully saturated rings. The second kappa shape index (κ2) is 4.73. The van der Waals surface area contributed by atoms with E-state index >= 15 is 0 Å². The van der Waals surface area contributed by atoms with Gasteiger partial charge in [-0.3, -0.25) is 0 Å². The Labute approximate surface area is 73.7 Å². The third-order valence-electron chi connectivity index (χ3n) is 1.79. The first kappa shape index (κ1) is 9.01. The molecule has 0 aromatic heterocycles. The molecule has 64 valence electrons. The van der Waals surface area contributed by atoms with Gasteiger partial charge in [-0.05, 0) is 18.1 Å². The molecule has 1 aromatic rings. The van der Waals surface area contributed by atoms with Crippen LogP contribution in [0.2, 0.25) is 0 Å². The van der Waals surface area contributed by atoms with E-state index in [1.165, 1.54) is 11.1 Å². The van der Waals surface area contributed by atoms with Crippen molar-refractivity contribution in [2.75, 3.05) is 13.7 Å². The highest BCUT2D eigenvalue weighted by Gasteiger charge is 1.91. The molecule has 1 nitrogen and oxygen atoms in total. The third-order valence-corrected chi connectivity index (χ3v) is 1.79. The Morgan fingerprint density at radius 2 is 2.00 bits per heavy atom. The fourth-order valence-electron chi connectivity index (χ4n) is 1.03. The maximum atomic E-state index is 4.96. The van der Waals surface area contributed by atoms with Crippen molar-refractivity contribution in [3.63, 3.8) is 0 Å². The van der Waals surface area contributed by atoms with Crippen molar-refractivity contribution >= 4 is 5.57 Å². The summed E-state index contributed by atoms with van der Waals surface area (Å²) >= 11 is 0. The standard InChI is InChI=1S/C11H14O/c1-10(8-9-12-2)11-6-4-3-5-7-11/h3-8H,9H2,1-2H3/b10-8-. The molecule has 0 N–H and O–H groups in total. The molecule has 0 atom stereocenters. The van der Waals surface area contributed by atoms with Crippen molar-refractivity contribution in [2.24, 2.45) is 0 Å². The lowest BCUT2D eigenvalue weighted by molar-refractivity contribution is 0.234. The molecule has 0 spiro atoms. The van der Waals surface area contributed by atoms with E-state index in [2.05, 4.69) is 25.1 Å². The summed E-state index contributed by atoms with van der Waals surface area (Å²) in [6, 6.07) is 10.3. The molecular formula is C11H14O. The van der Waals surface area contributed by atoms with Gasteiger partial charge in [-0.15, -0.1) is 0 Å². The zero-order chi connectivity index (χ0) is 8.81. The van der Waals surface area contributed by atoms with Crippen LogP contribution in [0.5, 0.6) is 0 Å². The molecule has 1 heteroatoms. The first-order valence-corrected chi connectivity index (χ1v) is 4.05. The Hall–Kier alpha value is -1.08. The maximum Gasteiger partial charge on any atom is 0.0649 e. The van der Waals surface area contributed by atoms with Crippen molar-refractivity contribution < 1.29 is 4.74 Å². The van der Waals surface area contributed by atoms with E-state index in [-0.39, 0.29) is 0 Å². The van der Waals surface area contributed by atoms with Crippen LogP contribution in [0.1, 0.15) is 12.5 Å². The summed E-state index contributed by atoms with van der Waals surface area (Å²) in [4.78, 5) is 0. The summed E-state index contributed by atoms with van der Waals surface area (Å²) in [7, 11) is 1.70. The van der Waals surface area contributed by atoms with Gasteiger partial charge in [0.1, 0.15) is 0 Å². The largest absolute Gasteiger partial charge is 0.381 e. The van der Waals surface area contributed by atoms with Crippen LogP contribution in [0, 0.1) is 0 Å². The minimum Gasteiger partial charge on any atom is -0.381 e. The summed E-state index contributed by atoms with van der Waals surface area (Å²) in [5.74, 6) is 0. The molecular weight excluding hydrogens is 148 g/mol. The van der Waals surface area contributed by atoms with Crippen LogP contribution in [0.4, 0.5) is 0 Å². The predicted molar refractivity (Wildman–Crippen MR) is 52.0 cm³/mol. The van der Waals surface area contributed by atoms with E-state index in [4.69, 9.17) is 4.74 Å². The van der Waals surface area contributed by atoms with Crippen LogP contribution in [-0.4, -0.2) is 13.7 Å². The van der Waals surface area contributed by atoms with Gasteiger partial charge >= 0.3 is 0 Å². The van der Waals surface area contributed by atoms with Crippen LogP contribution in [-0.2, 0) is 4.74 Å². The summed E-state index contributed by atoms with van der Waals surface area (Å²) in [5.41, 5.74) is 2.52. The summed E-state index contributed by atoms with van der Waals surface area (Å²) < 4.78 is 4.96. The first-order chi connectivity index (χ1) is 5.84. The van der Waals surface area contributed by atoms with Crippen molar-refractivity contribution in [3.05, 3.63) is 42.0 Å². The van der Waals surface area contributed by atoms with Crippen LogP contribution < -0.4 is 0 Å². The predicted octanol–water partition coefficient (Wildman–Crippen LogP) is 2.74. The van der Waals surface area contributed by atoms with Crippen molar-refractivity contribution in [2.45, 2.75) is 6.92 Å². The second-order valence-corrected chi connectivity index (χ2v) is 2.71. The van der Waals surface area contributed by atoms with Crippen molar-refractivity contribution in [1.82, 2.24) is 0 Å². The monoisotopic (exact) mass is 162 g/mol. The molecule has 0 aliphatic rings. The van der Waals surface area contributed by atoms with Gasteiger partial charge in [0.2, 0.25) is 0 Å². The zero-order valence-corrected chi connectivity index (χ0v) is 7.58. The number of hydrogen-bond acceptors (Lipinski definition) is 1. The third kappa shape index (κ3) is 2.51. The average Bonchev–Trinajstić information content (AvgIpc) is 2.15. The van der Waals surface area contributed by atoms with Crippen LogP contribution >= 0.6 is 0 Å². The lowest BCUT2D eigenvalue weighted by atomic mass is 10.1. The van der Waals surface area contributed by atoms with E-state index < -0.39 is 0 Å². The van der Waals surface area contributed by atoms with E-state index in [1.807, 2.05) is 18.2 Å². The number of hydrogen-bond donors (Lipinski definition) is 0. The number of benzene rings is 1. The topological polar surface area (TPSA) is 9.23 Å². The molecule has 12 heavy (non-hydrogen) atoms. The summed E-state index contributed by atoms with van der Waals surface area (Å²) in [6.45, 7) is 2.77. The molecule has 1 aromatic carbocycles. The second-order valence-electron chi connectivity index (χ2n) is 2.71. The van der Waals surface area contributed by atoms with Gasteiger partial charge in [-0.25, -0.2) is 0 Å². The molecule has 0 heterocycles. The maximum absolute atomic E-state index is 4.96. The fourth-order valence-corrected chi connectivity index (χ4v) is 1.03. The summed E-state index contributed by atoms with van der Waals surface area (Å²) in [6.07, 6.45) is 2.08. The van der Waals surface area contributed by atoms with E-state index in [9.17, 15) is 0 Å². The summed E-state index contributed by atoms with van der Waals surface area (Å²) in [5, 5.41) is 0. The first-order valence-electron chi connectivity index (χ1n) is 4.05. The Morgan fingerprint density at radius 1 is 1.33 bits per heavy atom. The molecule has 0 aliphatic heterocycles. The van der Waals surface area contributed by atoms with Gasteiger partial charge in [0.05, 0.1) is 6.61 Å². The molecule has 0 amide bonds. The van der Waals surface area contributed by atoms with E-state index in [0.717, 1.165) is 0 Å². The van der Waals surface area contributed by atoms with Crippen molar-refractivity contribution in [1.29, 1.82) is 0 Å². The Bertz CT molecular complexity index is 249. The number of rotatable bonds is 3. The normalized spacial score (nSPS) is 11.7. The van der Waals surface area contributed by atoms with Gasteiger partial charge in [-0.2, -0.15) is 0 Å². The molecule has 0 radical (unpaired) electrons. The van der Waals surface area contributed by atoms with E-state index in [0.29, 0.717) is 6.61 Å². The SMILES string of the molecule is COC/C=C(/C)c1ccccc1. The fraction of sp³-hybridized carbons (Fsp3) is 0.273.